The van der Waals surface area contributed by atoms with Gasteiger partial charge in [-0.15, -0.1) is 0 Å². The van der Waals surface area contributed by atoms with Crippen molar-refractivity contribution in [3.63, 3.8) is 0 Å². The number of H-pyrrole nitrogens is 1. The predicted molar refractivity (Wildman–Crippen MR) is 85.0 cm³/mol. The molecule has 0 spiro atoms. The van der Waals surface area contributed by atoms with Crippen molar-refractivity contribution in [1.82, 2.24) is 20.4 Å². The van der Waals surface area contributed by atoms with Crippen LogP contribution in [-0.4, -0.2) is 52.1 Å². The topological polar surface area (TPSA) is 79.5 Å². The molecule has 2 atom stereocenters. The van der Waals surface area contributed by atoms with Gasteiger partial charge in [-0.3, -0.25) is 10.00 Å². The molecule has 0 bridgehead atoms. The monoisotopic (exact) mass is 322 g/mol. The first-order valence-electron chi connectivity index (χ1n) is 8.16. The van der Waals surface area contributed by atoms with E-state index in [1.165, 1.54) is 5.56 Å². The molecule has 1 aromatic rings. The number of rotatable bonds is 2. The summed E-state index contributed by atoms with van der Waals surface area (Å²) in [5.74, 6) is 0. The van der Waals surface area contributed by atoms with E-state index in [1.807, 2.05) is 20.8 Å². The number of aromatic amines is 1. The second-order valence-electron chi connectivity index (χ2n) is 7.45. The number of nitrogens with zero attached hydrogens (tertiary/aromatic N) is 2. The number of carbonyl (C=O) groups is 1. The zero-order chi connectivity index (χ0) is 16.6. The Hall–Kier alpha value is -1.60. The summed E-state index contributed by atoms with van der Waals surface area (Å²) >= 11 is 0. The van der Waals surface area contributed by atoms with Crippen molar-refractivity contribution in [1.29, 1.82) is 0 Å². The van der Waals surface area contributed by atoms with Gasteiger partial charge in [-0.25, -0.2) is 4.79 Å². The van der Waals surface area contributed by atoms with E-state index in [9.17, 15) is 4.79 Å². The highest BCUT2D eigenvalue weighted by Crippen LogP contribution is 2.28. The maximum Gasteiger partial charge on any atom is 0.407 e. The molecule has 3 heterocycles. The fraction of sp³-hybridized carbons (Fsp3) is 0.750. The van der Waals surface area contributed by atoms with E-state index in [-0.39, 0.29) is 18.2 Å². The molecule has 7 nitrogen and oxygen atoms in total. The summed E-state index contributed by atoms with van der Waals surface area (Å²) in [5.41, 5.74) is 3.08. The van der Waals surface area contributed by atoms with E-state index >= 15 is 0 Å². The van der Waals surface area contributed by atoms with Crippen LogP contribution in [0.2, 0.25) is 0 Å². The van der Waals surface area contributed by atoms with Crippen LogP contribution in [0, 0.1) is 6.92 Å². The minimum atomic E-state index is -0.486. The molecular formula is C16H26N4O3. The maximum absolute atomic E-state index is 11.9. The number of nitrogens with one attached hydrogen (secondary N) is 2. The quantitative estimate of drug-likeness (QED) is 0.866. The largest absolute Gasteiger partial charge is 0.444 e. The Morgan fingerprint density at radius 2 is 2.17 bits per heavy atom. The molecule has 3 rings (SSSR count). The van der Waals surface area contributed by atoms with Gasteiger partial charge in [0.1, 0.15) is 5.60 Å². The number of aryl methyl sites for hydroxylation is 1. The number of fused-ring (bicyclic) bond motifs is 1. The highest BCUT2D eigenvalue weighted by Gasteiger charge is 2.34. The van der Waals surface area contributed by atoms with Crippen molar-refractivity contribution >= 4 is 6.09 Å². The van der Waals surface area contributed by atoms with Crippen LogP contribution in [0.5, 0.6) is 0 Å². The molecule has 2 aliphatic heterocycles. The molecule has 23 heavy (non-hydrogen) atoms. The molecule has 128 valence electrons. The molecule has 0 aliphatic carbocycles. The number of alkyl carbamates (subject to hydrolysis) is 1. The van der Waals surface area contributed by atoms with Gasteiger partial charge < -0.3 is 14.8 Å². The van der Waals surface area contributed by atoms with Gasteiger partial charge in [0, 0.05) is 30.4 Å². The minimum Gasteiger partial charge on any atom is -0.444 e. The summed E-state index contributed by atoms with van der Waals surface area (Å²) in [5, 5.41) is 10.3. The lowest BCUT2D eigenvalue weighted by Gasteiger charge is -2.35. The van der Waals surface area contributed by atoms with Gasteiger partial charge in [0.15, 0.2) is 0 Å². The Labute approximate surface area is 136 Å². The summed E-state index contributed by atoms with van der Waals surface area (Å²) < 4.78 is 11.0. The number of hydrogen-bond acceptors (Lipinski definition) is 5. The molecule has 2 unspecified atom stereocenters. The average molecular weight is 322 g/mol. The molecule has 2 N–H and O–H groups in total. The summed E-state index contributed by atoms with van der Waals surface area (Å²) in [6.45, 7) is 10.6. The fourth-order valence-electron chi connectivity index (χ4n) is 3.19. The summed E-state index contributed by atoms with van der Waals surface area (Å²) in [4.78, 5) is 14.3. The third kappa shape index (κ3) is 3.84. The van der Waals surface area contributed by atoms with Gasteiger partial charge in [0.05, 0.1) is 24.9 Å². The first kappa shape index (κ1) is 16.3. The first-order valence-corrected chi connectivity index (χ1v) is 8.16. The highest BCUT2D eigenvalue weighted by atomic mass is 16.6. The van der Waals surface area contributed by atoms with Crippen molar-refractivity contribution in [2.75, 3.05) is 13.2 Å². The van der Waals surface area contributed by atoms with Crippen LogP contribution in [-0.2, 0) is 22.6 Å². The number of aromatic nitrogens is 2. The van der Waals surface area contributed by atoms with E-state index in [4.69, 9.17) is 9.47 Å². The first-order chi connectivity index (χ1) is 10.8. The van der Waals surface area contributed by atoms with Crippen LogP contribution in [0.15, 0.2) is 0 Å². The summed E-state index contributed by atoms with van der Waals surface area (Å²) in [6, 6.07) is 0.275. The van der Waals surface area contributed by atoms with Crippen molar-refractivity contribution in [2.24, 2.45) is 0 Å². The second kappa shape index (κ2) is 6.13. The van der Waals surface area contributed by atoms with Crippen LogP contribution < -0.4 is 5.32 Å². The van der Waals surface area contributed by atoms with Crippen molar-refractivity contribution in [3.05, 3.63) is 17.0 Å². The van der Waals surface area contributed by atoms with E-state index in [0.717, 1.165) is 30.9 Å². The molecule has 1 aromatic heterocycles. The van der Waals surface area contributed by atoms with Crippen LogP contribution >= 0.6 is 0 Å². The zero-order valence-corrected chi connectivity index (χ0v) is 14.3. The maximum atomic E-state index is 11.9. The van der Waals surface area contributed by atoms with E-state index in [1.54, 1.807) is 0 Å². The van der Waals surface area contributed by atoms with Crippen molar-refractivity contribution in [2.45, 2.75) is 64.9 Å². The van der Waals surface area contributed by atoms with Crippen molar-refractivity contribution in [3.8, 4) is 0 Å². The van der Waals surface area contributed by atoms with Gasteiger partial charge in [-0.2, -0.15) is 5.10 Å². The normalized spacial score (nSPS) is 25.2. The zero-order valence-electron chi connectivity index (χ0n) is 14.3. The SMILES string of the molecule is Cc1[nH]nc2c1CN(C1COCC(NC(=O)OC(C)(C)C)C1)C2. The third-order valence-electron chi connectivity index (χ3n) is 4.30. The van der Waals surface area contributed by atoms with Gasteiger partial charge in [0.2, 0.25) is 0 Å². The molecule has 0 radical (unpaired) electrons. The fourth-order valence-corrected chi connectivity index (χ4v) is 3.19. The smallest absolute Gasteiger partial charge is 0.407 e. The van der Waals surface area contributed by atoms with Gasteiger partial charge in [-0.1, -0.05) is 0 Å². The average Bonchev–Trinajstić information content (AvgIpc) is 2.99. The molecule has 1 saturated heterocycles. The van der Waals surface area contributed by atoms with Crippen LogP contribution in [0.25, 0.3) is 0 Å². The number of ether oxygens (including phenoxy) is 2. The second-order valence-corrected chi connectivity index (χ2v) is 7.45. The van der Waals surface area contributed by atoms with E-state index in [2.05, 4.69) is 27.3 Å². The lowest BCUT2D eigenvalue weighted by molar-refractivity contribution is -0.00815. The number of carbonyl (C=O) groups excluding carboxylic acids is 1. The molecule has 7 heteroatoms. The lowest BCUT2D eigenvalue weighted by Crippen LogP contribution is -2.50. The van der Waals surface area contributed by atoms with Gasteiger partial charge in [-0.05, 0) is 34.1 Å². The van der Waals surface area contributed by atoms with Crippen LogP contribution in [0.4, 0.5) is 4.79 Å². The molecule has 2 aliphatic rings. The number of amides is 1. The van der Waals surface area contributed by atoms with E-state index < -0.39 is 5.60 Å². The van der Waals surface area contributed by atoms with Crippen LogP contribution in [0.3, 0.4) is 0 Å². The van der Waals surface area contributed by atoms with Crippen molar-refractivity contribution < 1.29 is 14.3 Å². The number of hydrogen-bond donors (Lipinski definition) is 2. The Morgan fingerprint density at radius 1 is 1.39 bits per heavy atom. The molecule has 1 fully saturated rings. The lowest BCUT2D eigenvalue weighted by atomic mass is 10.0. The summed E-state index contributed by atoms with van der Waals surface area (Å²) in [6.07, 6.45) is 0.490. The molecule has 0 aromatic carbocycles. The van der Waals surface area contributed by atoms with Gasteiger partial charge in [0.25, 0.3) is 0 Å². The van der Waals surface area contributed by atoms with Crippen LogP contribution in [0.1, 0.15) is 44.1 Å². The standard InChI is InChI=1S/C16H26N4O3/c1-10-13-6-20(7-14(13)19-18-10)12-5-11(8-22-9-12)17-15(21)23-16(2,3)4/h11-12H,5-9H2,1-4H3,(H,17,21)(H,18,19). The summed E-state index contributed by atoms with van der Waals surface area (Å²) in [7, 11) is 0. The molecule has 1 amide bonds. The molecule has 0 saturated carbocycles. The predicted octanol–water partition coefficient (Wildman–Crippen LogP) is 1.72. The Bertz CT molecular complexity index is 578. The Balaban J connectivity index is 1.54. The van der Waals surface area contributed by atoms with Gasteiger partial charge >= 0.3 is 6.09 Å². The molecular weight excluding hydrogens is 296 g/mol. The minimum absolute atomic E-state index is 0.0146. The highest BCUT2D eigenvalue weighted by molar-refractivity contribution is 5.68. The van der Waals surface area contributed by atoms with E-state index in [0.29, 0.717) is 13.2 Å². The third-order valence-corrected chi connectivity index (χ3v) is 4.30. The Kier molecular flexibility index (Phi) is 4.33. The Morgan fingerprint density at radius 3 is 2.87 bits per heavy atom.